The molecule has 0 aliphatic carbocycles. The third-order valence-electron chi connectivity index (χ3n) is 5.29. The number of pyridine rings is 1. The topological polar surface area (TPSA) is 73.1 Å². The second-order valence-corrected chi connectivity index (χ2v) is 8.81. The molecule has 4 aromatic rings. The molecule has 0 saturated heterocycles. The standard InChI is InChI=1S/C23H20F2N4O2S/c1-13(30)2-4-15-5-7-19-22(28-15)16-11-21(32-20(16)8-9-31-19)23-26-12-27-29(23)18-6-3-14(24)10-17(18)25/h3,5-7,10-13,30H,2,4,8-9H2,1H3. The molecule has 0 amide bonds. The maximum absolute atomic E-state index is 14.4. The lowest BCUT2D eigenvalue weighted by Crippen LogP contribution is -2.04. The molecule has 164 valence electrons. The number of fused-ring (bicyclic) bond motifs is 3. The summed E-state index contributed by atoms with van der Waals surface area (Å²) in [5.74, 6) is -0.177. The van der Waals surface area contributed by atoms with Crippen LogP contribution >= 0.6 is 11.3 Å². The lowest BCUT2D eigenvalue weighted by molar-refractivity contribution is 0.184. The summed E-state index contributed by atoms with van der Waals surface area (Å²) in [6.07, 6.45) is 2.95. The highest BCUT2D eigenvalue weighted by Gasteiger charge is 2.23. The Morgan fingerprint density at radius 1 is 1.22 bits per heavy atom. The van der Waals surface area contributed by atoms with Crippen molar-refractivity contribution in [2.24, 2.45) is 0 Å². The molecule has 1 unspecified atom stereocenters. The fourth-order valence-corrected chi connectivity index (χ4v) is 4.83. The van der Waals surface area contributed by atoms with Crippen LogP contribution in [-0.4, -0.2) is 37.6 Å². The van der Waals surface area contributed by atoms with Crippen LogP contribution in [0.1, 0.15) is 23.9 Å². The number of nitrogens with zero attached hydrogens (tertiary/aromatic N) is 4. The molecule has 1 aromatic carbocycles. The number of rotatable bonds is 5. The first-order valence-corrected chi connectivity index (χ1v) is 11.1. The predicted octanol–water partition coefficient (Wildman–Crippen LogP) is 4.58. The highest BCUT2D eigenvalue weighted by Crippen LogP contribution is 2.42. The van der Waals surface area contributed by atoms with E-state index < -0.39 is 17.7 Å². The van der Waals surface area contributed by atoms with Crippen molar-refractivity contribution in [2.75, 3.05) is 6.61 Å². The number of halogens is 2. The van der Waals surface area contributed by atoms with E-state index in [4.69, 9.17) is 9.72 Å². The van der Waals surface area contributed by atoms with Gasteiger partial charge in [0.15, 0.2) is 11.6 Å². The summed E-state index contributed by atoms with van der Waals surface area (Å²) in [6, 6.07) is 9.19. The van der Waals surface area contributed by atoms with Crippen LogP contribution < -0.4 is 4.74 Å². The second kappa shape index (κ2) is 8.40. The molecule has 32 heavy (non-hydrogen) atoms. The Balaban J connectivity index is 1.56. The fourth-order valence-electron chi connectivity index (χ4n) is 3.71. The molecule has 0 fully saturated rings. The summed E-state index contributed by atoms with van der Waals surface area (Å²) in [5, 5.41) is 13.8. The van der Waals surface area contributed by atoms with Gasteiger partial charge in [0.25, 0.3) is 0 Å². The molecule has 1 N–H and O–H groups in total. The minimum absolute atomic E-state index is 0.129. The predicted molar refractivity (Wildman–Crippen MR) is 117 cm³/mol. The van der Waals surface area contributed by atoms with Crippen molar-refractivity contribution < 1.29 is 18.6 Å². The van der Waals surface area contributed by atoms with Crippen LogP contribution in [0.5, 0.6) is 5.75 Å². The maximum atomic E-state index is 14.4. The second-order valence-electron chi connectivity index (χ2n) is 7.67. The monoisotopic (exact) mass is 454 g/mol. The van der Waals surface area contributed by atoms with Gasteiger partial charge < -0.3 is 9.84 Å². The number of hydrogen-bond acceptors (Lipinski definition) is 6. The first-order valence-electron chi connectivity index (χ1n) is 10.3. The van der Waals surface area contributed by atoms with E-state index in [2.05, 4.69) is 10.1 Å². The Bertz CT molecular complexity index is 1280. The molecule has 0 bridgehead atoms. The number of aliphatic hydroxyl groups is 1. The van der Waals surface area contributed by atoms with Gasteiger partial charge in [-0.2, -0.15) is 5.10 Å². The first-order chi connectivity index (χ1) is 15.5. The van der Waals surface area contributed by atoms with Crippen molar-refractivity contribution in [1.82, 2.24) is 19.7 Å². The van der Waals surface area contributed by atoms with E-state index in [1.54, 1.807) is 6.92 Å². The number of ether oxygens (including phenoxy) is 1. The van der Waals surface area contributed by atoms with E-state index >= 15 is 0 Å². The number of benzene rings is 1. The van der Waals surface area contributed by atoms with Crippen LogP contribution in [0.15, 0.2) is 42.7 Å². The number of thiophene rings is 1. The van der Waals surface area contributed by atoms with Gasteiger partial charge >= 0.3 is 0 Å². The van der Waals surface area contributed by atoms with Gasteiger partial charge in [0.05, 0.1) is 17.6 Å². The van der Waals surface area contributed by atoms with E-state index in [0.29, 0.717) is 37.4 Å². The summed E-state index contributed by atoms with van der Waals surface area (Å²) in [4.78, 5) is 11.0. The smallest absolute Gasteiger partial charge is 0.173 e. The molecule has 9 heteroatoms. The normalized spacial score (nSPS) is 13.8. The maximum Gasteiger partial charge on any atom is 0.173 e. The van der Waals surface area contributed by atoms with Crippen LogP contribution in [-0.2, 0) is 12.8 Å². The van der Waals surface area contributed by atoms with Crippen LogP contribution in [0.2, 0.25) is 0 Å². The van der Waals surface area contributed by atoms with Gasteiger partial charge in [0.2, 0.25) is 0 Å². The van der Waals surface area contributed by atoms with Crippen LogP contribution in [0.25, 0.3) is 27.6 Å². The summed E-state index contributed by atoms with van der Waals surface area (Å²) in [6.45, 7) is 2.28. The van der Waals surface area contributed by atoms with Crippen molar-refractivity contribution in [3.05, 3.63) is 64.9 Å². The Morgan fingerprint density at radius 3 is 2.91 bits per heavy atom. The Morgan fingerprint density at radius 2 is 2.09 bits per heavy atom. The molecule has 5 rings (SSSR count). The number of aromatic nitrogens is 4. The summed E-state index contributed by atoms with van der Waals surface area (Å²) in [7, 11) is 0. The Labute approximate surface area is 187 Å². The van der Waals surface area contributed by atoms with Gasteiger partial charge in [0.1, 0.15) is 29.3 Å². The molecule has 1 aliphatic heterocycles. The summed E-state index contributed by atoms with van der Waals surface area (Å²) in [5.41, 5.74) is 2.71. The SMILES string of the molecule is CC(O)CCc1ccc2c(n1)-c1cc(-c3ncnn3-c3ccc(F)cc3F)sc1CCO2. The van der Waals surface area contributed by atoms with Crippen molar-refractivity contribution in [3.8, 4) is 33.4 Å². The highest BCUT2D eigenvalue weighted by molar-refractivity contribution is 7.16. The molecule has 4 heterocycles. The minimum Gasteiger partial charge on any atom is -0.491 e. The van der Waals surface area contributed by atoms with Crippen LogP contribution in [0.4, 0.5) is 8.78 Å². The third kappa shape index (κ3) is 3.89. The van der Waals surface area contributed by atoms with E-state index in [-0.39, 0.29) is 5.69 Å². The number of aryl methyl sites for hydroxylation is 1. The van der Waals surface area contributed by atoms with E-state index in [9.17, 15) is 13.9 Å². The molecular weight excluding hydrogens is 434 g/mol. The lowest BCUT2D eigenvalue weighted by atomic mass is 10.1. The molecule has 3 aromatic heterocycles. The molecular formula is C23H20F2N4O2S. The molecule has 1 atom stereocenters. The highest BCUT2D eigenvalue weighted by atomic mass is 32.1. The van der Waals surface area contributed by atoms with E-state index in [0.717, 1.165) is 32.8 Å². The zero-order chi connectivity index (χ0) is 22.2. The molecule has 6 nitrogen and oxygen atoms in total. The Kier molecular flexibility index (Phi) is 5.44. The first kappa shape index (κ1) is 20.7. The van der Waals surface area contributed by atoms with Gasteiger partial charge in [-0.3, -0.25) is 0 Å². The van der Waals surface area contributed by atoms with E-state index in [1.807, 2.05) is 18.2 Å². The van der Waals surface area contributed by atoms with Crippen LogP contribution in [0, 0.1) is 11.6 Å². The molecule has 1 aliphatic rings. The summed E-state index contributed by atoms with van der Waals surface area (Å²) >= 11 is 1.53. The van der Waals surface area contributed by atoms with Crippen LogP contribution in [0.3, 0.4) is 0 Å². The zero-order valence-electron chi connectivity index (χ0n) is 17.3. The largest absolute Gasteiger partial charge is 0.491 e. The average Bonchev–Trinajstić information content (AvgIpc) is 3.36. The van der Waals surface area contributed by atoms with Gasteiger partial charge in [-0.05, 0) is 50.1 Å². The molecule has 0 spiro atoms. The fraction of sp³-hybridized carbons (Fsp3) is 0.261. The quantitative estimate of drug-likeness (QED) is 0.478. The lowest BCUT2D eigenvalue weighted by Gasteiger charge is -2.10. The van der Waals surface area contributed by atoms with Gasteiger partial charge in [0, 0.05) is 28.6 Å². The van der Waals surface area contributed by atoms with Gasteiger partial charge in [-0.25, -0.2) is 23.4 Å². The Hall–Kier alpha value is -3.17. The van der Waals surface area contributed by atoms with E-state index in [1.165, 1.54) is 34.5 Å². The van der Waals surface area contributed by atoms with Gasteiger partial charge in [-0.1, -0.05) is 0 Å². The van der Waals surface area contributed by atoms with Crippen molar-refractivity contribution in [3.63, 3.8) is 0 Å². The molecule has 0 saturated carbocycles. The number of aliphatic hydroxyl groups excluding tert-OH is 1. The minimum atomic E-state index is -0.710. The third-order valence-corrected chi connectivity index (χ3v) is 6.48. The zero-order valence-corrected chi connectivity index (χ0v) is 18.1. The number of hydrogen-bond donors (Lipinski definition) is 1. The van der Waals surface area contributed by atoms with Gasteiger partial charge in [-0.15, -0.1) is 11.3 Å². The van der Waals surface area contributed by atoms with Crippen molar-refractivity contribution in [2.45, 2.75) is 32.3 Å². The summed E-state index contributed by atoms with van der Waals surface area (Å²) < 4.78 is 35.0. The molecule has 0 radical (unpaired) electrons. The van der Waals surface area contributed by atoms with Crippen molar-refractivity contribution in [1.29, 1.82) is 0 Å². The average molecular weight is 455 g/mol. The van der Waals surface area contributed by atoms with Crippen molar-refractivity contribution >= 4 is 11.3 Å².